The van der Waals surface area contributed by atoms with Gasteiger partial charge in [-0.1, -0.05) is 0 Å². The number of nitrogens with one attached hydrogen (secondary N) is 1. The van der Waals surface area contributed by atoms with Crippen molar-refractivity contribution in [3.8, 4) is 5.75 Å². The molecule has 20 heavy (non-hydrogen) atoms. The lowest BCUT2D eigenvalue weighted by molar-refractivity contribution is 0.0912. The highest BCUT2D eigenvalue weighted by Crippen LogP contribution is 2.17. The number of carbonyl (C=O) groups excluding carboxylic acids is 1. The van der Waals surface area contributed by atoms with E-state index in [1.807, 2.05) is 6.92 Å². The Bertz CT molecular complexity index is 636. The van der Waals surface area contributed by atoms with Crippen molar-refractivity contribution < 1.29 is 13.9 Å². The molecule has 0 bridgehead atoms. The van der Waals surface area contributed by atoms with Crippen LogP contribution < -0.4 is 10.1 Å². The Morgan fingerprint density at radius 2 is 2.20 bits per heavy atom. The van der Waals surface area contributed by atoms with Gasteiger partial charge in [0.15, 0.2) is 0 Å². The fourth-order valence-corrected chi connectivity index (χ4v) is 2.13. The molecule has 1 amide bonds. The normalized spacial score (nSPS) is 17.5. The quantitative estimate of drug-likeness (QED) is 0.931. The van der Waals surface area contributed by atoms with Gasteiger partial charge in [0.05, 0.1) is 6.04 Å². The van der Waals surface area contributed by atoms with Gasteiger partial charge in [-0.05, 0) is 37.3 Å². The fraction of sp³-hybridized carbons (Fsp3) is 0.286. The van der Waals surface area contributed by atoms with Gasteiger partial charge in [0.25, 0.3) is 5.91 Å². The Labute approximate surface area is 115 Å². The van der Waals surface area contributed by atoms with E-state index >= 15 is 0 Å². The van der Waals surface area contributed by atoms with Gasteiger partial charge in [-0.2, -0.15) is 5.10 Å². The van der Waals surface area contributed by atoms with E-state index in [0.29, 0.717) is 23.7 Å². The number of rotatable bonds is 3. The topological polar surface area (TPSA) is 56.1 Å². The summed E-state index contributed by atoms with van der Waals surface area (Å²) in [5, 5.41) is 7.17. The zero-order chi connectivity index (χ0) is 14.1. The lowest BCUT2D eigenvalue weighted by Gasteiger charge is -2.20. The molecule has 2 heterocycles. The third kappa shape index (κ3) is 2.36. The molecule has 1 aromatic carbocycles. The second-order valence-electron chi connectivity index (χ2n) is 4.77. The van der Waals surface area contributed by atoms with Gasteiger partial charge >= 0.3 is 0 Å². The van der Waals surface area contributed by atoms with Crippen LogP contribution in [0.25, 0.3) is 0 Å². The molecule has 0 radical (unpaired) electrons. The molecular weight excluding hydrogens is 261 g/mol. The van der Waals surface area contributed by atoms with Crippen molar-refractivity contribution in [2.45, 2.75) is 19.6 Å². The van der Waals surface area contributed by atoms with Gasteiger partial charge in [-0.25, -0.2) is 4.39 Å². The highest BCUT2D eigenvalue weighted by Gasteiger charge is 2.24. The number of amides is 1. The van der Waals surface area contributed by atoms with Crippen molar-refractivity contribution in [3.63, 3.8) is 0 Å². The summed E-state index contributed by atoms with van der Waals surface area (Å²) in [6.07, 6.45) is 0. The minimum Gasteiger partial charge on any atom is -0.487 e. The first-order chi connectivity index (χ1) is 9.63. The third-order valence-corrected chi connectivity index (χ3v) is 3.19. The molecule has 0 aliphatic carbocycles. The Hall–Kier alpha value is -2.37. The van der Waals surface area contributed by atoms with E-state index in [2.05, 4.69) is 10.4 Å². The first-order valence-electron chi connectivity index (χ1n) is 6.38. The number of ether oxygens (including phenoxy) is 1. The monoisotopic (exact) mass is 275 g/mol. The van der Waals surface area contributed by atoms with Gasteiger partial charge in [0.1, 0.15) is 29.6 Å². The molecule has 0 saturated heterocycles. The maximum Gasteiger partial charge on any atom is 0.269 e. The largest absolute Gasteiger partial charge is 0.487 e. The number of hydrogen-bond donors (Lipinski definition) is 1. The first-order valence-corrected chi connectivity index (χ1v) is 6.38. The van der Waals surface area contributed by atoms with Crippen LogP contribution in [0.3, 0.4) is 0 Å². The second-order valence-corrected chi connectivity index (χ2v) is 4.77. The SMILES string of the molecule is CC1CNC(=O)c2cc(COc3ccc(F)cc3)nn21. The highest BCUT2D eigenvalue weighted by atomic mass is 19.1. The maximum absolute atomic E-state index is 12.8. The predicted molar refractivity (Wildman–Crippen MR) is 70.0 cm³/mol. The Kier molecular flexibility index (Phi) is 3.14. The lowest BCUT2D eigenvalue weighted by atomic mass is 10.2. The van der Waals surface area contributed by atoms with Crippen molar-refractivity contribution in [2.75, 3.05) is 6.54 Å². The van der Waals surface area contributed by atoms with Crippen molar-refractivity contribution in [3.05, 3.63) is 47.5 Å². The number of aromatic nitrogens is 2. The van der Waals surface area contributed by atoms with Crippen molar-refractivity contribution in [1.82, 2.24) is 15.1 Å². The molecule has 2 aromatic rings. The molecule has 1 aliphatic heterocycles. The minimum absolute atomic E-state index is 0.122. The van der Waals surface area contributed by atoms with E-state index in [4.69, 9.17) is 4.74 Å². The number of carbonyl (C=O) groups is 1. The summed E-state index contributed by atoms with van der Waals surface area (Å²) in [7, 11) is 0. The smallest absolute Gasteiger partial charge is 0.269 e. The number of nitrogens with zero attached hydrogens (tertiary/aromatic N) is 2. The Balaban J connectivity index is 1.74. The molecular formula is C14H14FN3O2. The summed E-state index contributed by atoms with van der Waals surface area (Å²) in [6.45, 7) is 2.80. The first kappa shape index (κ1) is 12.7. The molecule has 1 aromatic heterocycles. The van der Waals surface area contributed by atoms with E-state index in [0.717, 1.165) is 0 Å². The molecule has 0 spiro atoms. The van der Waals surface area contributed by atoms with Crippen LogP contribution in [0.15, 0.2) is 30.3 Å². The van der Waals surface area contributed by atoms with Gasteiger partial charge in [0, 0.05) is 6.54 Å². The molecule has 0 fully saturated rings. The van der Waals surface area contributed by atoms with E-state index in [9.17, 15) is 9.18 Å². The second kappa shape index (κ2) is 4.96. The Morgan fingerprint density at radius 1 is 1.45 bits per heavy atom. The molecule has 1 aliphatic rings. The summed E-state index contributed by atoms with van der Waals surface area (Å²) in [5.74, 6) is 0.138. The molecule has 1 N–H and O–H groups in total. The number of fused-ring (bicyclic) bond motifs is 1. The van der Waals surface area contributed by atoms with Crippen LogP contribution in [0.5, 0.6) is 5.75 Å². The van der Waals surface area contributed by atoms with Crippen molar-refractivity contribution in [1.29, 1.82) is 0 Å². The van der Waals surface area contributed by atoms with Gasteiger partial charge in [0.2, 0.25) is 0 Å². The zero-order valence-corrected chi connectivity index (χ0v) is 11.0. The van der Waals surface area contributed by atoms with Crippen LogP contribution in [0, 0.1) is 5.82 Å². The average Bonchev–Trinajstić information content (AvgIpc) is 2.88. The van der Waals surface area contributed by atoms with Gasteiger partial charge in [-0.15, -0.1) is 0 Å². The summed E-state index contributed by atoms with van der Waals surface area (Å²) in [4.78, 5) is 11.7. The molecule has 1 atom stereocenters. The van der Waals surface area contributed by atoms with Gasteiger partial charge in [-0.3, -0.25) is 9.48 Å². The van der Waals surface area contributed by atoms with Crippen molar-refractivity contribution in [2.24, 2.45) is 0 Å². The van der Waals surface area contributed by atoms with Gasteiger partial charge < -0.3 is 10.1 Å². The highest BCUT2D eigenvalue weighted by molar-refractivity contribution is 5.93. The molecule has 6 heteroatoms. The summed E-state index contributed by atoms with van der Waals surface area (Å²) in [6, 6.07) is 7.63. The number of benzene rings is 1. The van der Waals surface area contributed by atoms with Crippen molar-refractivity contribution >= 4 is 5.91 Å². The van der Waals surface area contributed by atoms with Crippen LogP contribution in [0.2, 0.25) is 0 Å². The zero-order valence-electron chi connectivity index (χ0n) is 11.0. The lowest BCUT2D eigenvalue weighted by Crippen LogP contribution is -2.38. The number of hydrogen-bond acceptors (Lipinski definition) is 3. The molecule has 1 unspecified atom stereocenters. The maximum atomic E-state index is 12.8. The summed E-state index contributed by atoms with van der Waals surface area (Å²) in [5.41, 5.74) is 1.22. The van der Waals surface area contributed by atoms with Crippen LogP contribution in [0.1, 0.15) is 29.1 Å². The summed E-state index contributed by atoms with van der Waals surface area (Å²) >= 11 is 0. The third-order valence-electron chi connectivity index (χ3n) is 3.19. The average molecular weight is 275 g/mol. The molecule has 5 nitrogen and oxygen atoms in total. The van der Waals surface area contributed by atoms with Crippen LogP contribution in [-0.2, 0) is 6.61 Å². The van der Waals surface area contributed by atoms with Crippen LogP contribution in [0.4, 0.5) is 4.39 Å². The van der Waals surface area contributed by atoms with Crippen LogP contribution >= 0.6 is 0 Å². The minimum atomic E-state index is -0.305. The predicted octanol–water partition coefficient (Wildman–Crippen LogP) is 1.91. The van der Waals surface area contributed by atoms with E-state index in [1.54, 1.807) is 22.9 Å². The summed E-state index contributed by atoms with van der Waals surface area (Å²) < 4.78 is 20.0. The fourth-order valence-electron chi connectivity index (χ4n) is 2.13. The number of halogens is 1. The molecule has 0 saturated carbocycles. The van der Waals surface area contributed by atoms with E-state index in [-0.39, 0.29) is 24.4 Å². The van der Waals surface area contributed by atoms with E-state index in [1.165, 1.54) is 12.1 Å². The standard InChI is InChI=1S/C14H14FN3O2/c1-9-7-16-14(19)13-6-11(17-18(9)13)8-20-12-4-2-10(15)3-5-12/h2-6,9H,7-8H2,1H3,(H,16,19). The van der Waals surface area contributed by atoms with Crippen LogP contribution in [-0.4, -0.2) is 22.2 Å². The molecule has 3 rings (SSSR count). The van der Waals surface area contributed by atoms with E-state index < -0.39 is 0 Å². The molecule has 104 valence electrons. The Morgan fingerprint density at radius 3 is 2.90 bits per heavy atom.